The van der Waals surface area contributed by atoms with Gasteiger partial charge in [-0.2, -0.15) is 0 Å². The van der Waals surface area contributed by atoms with Crippen molar-refractivity contribution < 1.29 is 4.74 Å². The molecule has 1 saturated carbocycles. The number of rotatable bonds is 7. The molecule has 4 heteroatoms. The largest absolute Gasteiger partial charge is 0.384 e. The van der Waals surface area contributed by atoms with Gasteiger partial charge >= 0.3 is 0 Å². The molecule has 1 heterocycles. The molecule has 0 amide bonds. The van der Waals surface area contributed by atoms with Gasteiger partial charge in [-0.1, -0.05) is 18.6 Å². The zero-order valence-electron chi connectivity index (χ0n) is 17.8. The van der Waals surface area contributed by atoms with Crippen molar-refractivity contribution in [1.29, 1.82) is 0 Å². The van der Waals surface area contributed by atoms with Gasteiger partial charge in [0, 0.05) is 38.0 Å². The lowest BCUT2D eigenvalue weighted by Crippen LogP contribution is -2.50. The minimum atomic E-state index is -0.241. The Morgan fingerprint density at radius 2 is 1.89 bits per heavy atom. The summed E-state index contributed by atoms with van der Waals surface area (Å²) in [5.41, 5.74) is 8.82. The normalized spacial score (nSPS) is 33.5. The Bertz CT molecular complexity index is 524. The summed E-state index contributed by atoms with van der Waals surface area (Å²) in [6.45, 7) is 11.2. The molecule has 1 saturated heterocycles. The van der Waals surface area contributed by atoms with E-state index in [1.165, 1.54) is 69.4 Å². The molecule has 1 atom stereocenters. The summed E-state index contributed by atoms with van der Waals surface area (Å²) in [7, 11) is 0. The first kappa shape index (κ1) is 20.9. The molecular formula is C23H41N3O. The highest BCUT2D eigenvalue weighted by atomic mass is 16.5. The topological polar surface area (TPSA) is 50.5 Å². The number of ether oxygens (including phenoxy) is 1. The second kappa shape index (κ2) is 9.58. The van der Waals surface area contributed by atoms with E-state index < -0.39 is 0 Å². The van der Waals surface area contributed by atoms with E-state index in [1.807, 2.05) is 0 Å². The fraction of sp³-hybridized carbons (Fsp3) is 0.826. The fourth-order valence-electron chi connectivity index (χ4n) is 4.75. The summed E-state index contributed by atoms with van der Waals surface area (Å²) < 4.78 is 5.94. The van der Waals surface area contributed by atoms with Crippen LogP contribution in [0.5, 0.6) is 0 Å². The van der Waals surface area contributed by atoms with Gasteiger partial charge < -0.3 is 20.7 Å². The van der Waals surface area contributed by atoms with Crippen molar-refractivity contribution in [1.82, 2.24) is 10.2 Å². The Morgan fingerprint density at radius 1 is 1.19 bits per heavy atom. The lowest BCUT2D eigenvalue weighted by atomic mass is 9.86. The third-order valence-electron chi connectivity index (χ3n) is 6.65. The van der Waals surface area contributed by atoms with Gasteiger partial charge in [0.05, 0.1) is 11.6 Å². The lowest BCUT2D eigenvalue weighted by Gasteiger charge is -2.39. The van der Waals surface area contributed by atoms with Crippen LogP contribution in [0.15, 0.2) is 23.4 Å². The van der Waals surface area contributed by atoms with Gasteiger partial charge in [-0.05, 0) is 77.2 Å². The third-order valence-corrected chi connectivity index (χ3v) is 6.65. The van der Waals surface area contributed by atoms with Gasteiger partial charge in [0.2, 0.25) is 0 Å². The Balaban J connectivity index is 1.38. The van der Waals surface area contributed by atoms with Gasteiger partial charge in [-0.25, -0.2) is 0 Å². The van der Waals surface area contributed by atoms with Crippen LogP contribution in [0.4, 0.5) is 0 Å². The molecule has 4 nitrogen and oxygen atoms in total. The molecule has 3 rings (SSSR count). The van der Waals surface area contributed by atoms with E-state index in [0.717, 1.165) is 25.4 Å². The first-order valence-corrected chi connectivity index (χ1v) is 11.2. The van der Waals surface area contributed by atoms with Crippen molar-refractivity contribution in [2.24, 2.45) is 11.7 Å². The van der Waals surface area contributed by atoms with Crippen molar-refractivity contribution in [2.75, 3.05) is 26.2 Å². The molecule has 0 spiro atoms. The Hall–Kier alpha value is -0.840. The number of likely N-dealkylation sites (tertiary alicyclic amines) is 1. The maximum atomic E-state index is 6.50. The molecule has 3 N–H and O–H groups in total. The van der Waals surface area contributed by atoms with Crippen LogP contribution in [0.1, 0.15) is 72.1 Å². The molecule has 1 aliphatic heterocycles. The van der Waals surface area contributed by atoms with Gasteiger partial charge in [-0.3, -0.25) is 0 Å². The summed E-state index contributed by atoms with van der Waals surface area (Å²) in [5.74, 6) is 0.872. The summed E-state index contributed by atoms with van der Waals surface area (Å²) in [5, 5.41) is 3.78. The molecule has 0 aromatic carbocycles. The Morgan fingerprint density at radius 3 is 2.56 bits per heavy atom. The quantitative estimate of drug-likeness (QED) is 0.707. The first-order chi connectivity index (χ1) is 13.0. The zero-order valence-corrected chi connectivity index (χ0v) is 17.8. The molecular weight excluding hydrogens is 334 g/mol. The lowest BCUT2D eigenvalue weighted by molar-refractivity contribution is 0.0132. The van der Waals surface area contributed by atoms with Crippen LogP contribution >= 0.6 is 0 Å². The molecule has 0 bridgehead atoms. The average molecular weight is 376 g/mol. The second-order valence-corrected chi connectivity index (χ2v) is 9.36. The van der Waals surface area contributed by atoms with E-state index in [4.69, 9.17) is 10.5 Å². The number of hydrogen-bond acceptors (Lipinski definition) is 4. The highest BCUT2D eigenvalue weighted by Crippen LogP contribution is 2.29. The number of hydrogen-bond donors (Lipinski definition) is 2. The number of nitrogens with zero attached hydrogens (tertiary/aromatic N) is 1. The van der Waals surface area contributed by atoms with Gasteiger partial charge in [-0.15, -0.1) is 0 Å². The summed E-state index contributed by atoms with van der Waals surface area (Å²) >= 11 is 0. The average Bonchev–Trinajstić information content (AvgIpc) is 2.66. The molecule has 2 aliphatic carbocycles. The molecule has 2 fully saturated rings. The van der Waals surface area contributed by atoms with Crippen molar-refractivity contribution >= 4 is 0 Å². The first-order valence-electron chi connectivity index (χ1n) is 11.2. The van der Waals surface area contributed by atoms with Crippen LogP contribution in [-0.2, 0) is 4.74 Å². The fourth-order valence-corrected chi connectivity index (χ4v) is 4.75. The summed E-state index contributed by atoms with van der Waals surface area (Å²) in [6.07, 6.45) is 14.8. The SMILES string of the molecule is CCCOC1CCC(CN2CCC(NC3=CC(C)=CCC3(C)N)CC2)CC1. The smallest absolute Gasteiger partial charge is 0.0575 e. The molecule has 154 valence electrons. The van der Waals surface area contributed by atoms with Crippen LogP contribution in [0.3, 0.4) is 0 Å². The van der Waals surface area contributed by atoms with Gasteiger partial charge in [0.1, 0.15) is 0 Å². The third kappa shape index (κ3) is 6.07. The van der Waals surface area contributed by atoms with Crippen LogP contribution in [0.25, 0.3) is 0 Å². The van der Waals surface area contributed by atoms with Crippen molar-refractivity contribution in [3.63, 3.8) is 0 Å². The molecule has 0 aromatic heterocycles. The predicted octanol–water partition coefficient (Wildman–Crippen LogP) is 3.98. The zero-order chi connectivity index (χ0) is 19.3. The molecule has 1 unspecified atom stereocenters. The molecule has 0 aromatic rings. The molecule has 0 radical (unpaired) electrons. The van der Waals surface area contributed by atoms with E-state index in [0.29, 0.717) is 12.1 Å². The van der Waals surface area contributed by atoms with Crippen molar-refractivity contribution in [2.45, 2.75) is 89.8 Å². The standard InChI is InChI=1S/C23H41N3O/c1-4-15-27-21-7-5-19(6-8-21)17-26-13-10-20(11-14-26)25-22-16-18(2)9-12-23(22,3)24/h9,16,19-21,25H,4-8,10-15,17,24H2,1-3H3. The van der Waals surface area contributed by atoms with Gasteiger partial charge in [0.15, 0.2) is 0 Å². The second-order valence-electron chi connectivity index (χ2n) is 9.36. The molecule has 3 aliphatic rings. The van der Waals surface area contributed by atoms with Crippen LogP contribution in [-0.4, -0.2) is 48.8 Å². The monoisotopic (exact) mass is 375 g/mol. The summed E-state index contributed by atoms with van der Waals surface area (Å²) in [4.78, 5) is 2.69. The predicted molar refractivity (Wildman–Crippen MR) is 114 cm³/mol. The van der Waals surface area contributed by atoms with Crippen LogP contribution in [0, 0.1) is 5.92 Å². The Labute approximate surface area is 166 Å². The van der Waals surface area contributed by atoms with Crippen LogP contribution < -0.4 is 11.1 Å². The van der Waals surface area contributed by atoms with Crippen LogP contribution in [0.2, 0.25) is 0 Å². The van der Waals surface area contributed by atoms with Gasteiger partial charge in [0.25, 0.3) is 0 Å². The summed E-state index contributed by atoms with van der Waals surface area (Å²) in [6, 6.07) is 0.569. The number of nitrogens with two attached hydrogens (primary N) is 1. The maximum absolute atomic E-state index is 6.50. The Kier molecular flexibility index (Phi) is 7.41. The maximum Gasteiger partial charge on any atom is 0.0575 e. The van der Waals surface area contributed by atoms with E-state index in [-0.39, 0.29) is 5.54 Å². The highest BCUT2D eigenvalue weighted by molar-refractivity contribution is 5.33. The molecule has 27 heavy (non-hydrogen) atoms. The number of allylic oxidation sites excluding steroid dienone is 2. The van der Waals surface area contributed by atoms with E-state index in [1.54, 1.807) is 0 Å². The van der Waals surface area contributed by atoms with E-state index in [2.05, 4.69) is 43.1 Å². The minimum absolute atomic E-state index is 0.241. The van der Waals surface area contributed by atoms with E-state index >= 15 is 0 Å². The van der Waals surface area contributed by atoms with Crippen molar-refractivity contribution in [3.05, 3.63) is 23.4 Å². The number of piperidine rings is 1. The number of nitrogens with one attached hydrogen (secondary N) is 1. The van der Waals surface area contributed by atoms with E-state index in [9.17, 15) is 0 Å². The van der Waals surface area contributed by atoms with Crippen molar-refractivity contribution in [3.8, 4) is 0 Å². The highest BCUT2D eigenvalue weighted by Gasteiger charge is 2.30. The minimum Gasteiger partial charge on any atom is -0.384 e.